The van der Waals surface area contributed by atoms with E-state index in [1.54, 1.807) is 19.5 Å². The van der Waals surface area contributed by atoms with Gasteiger partial charge in [0.2, 0.25) is 0 Å². The van der Waals surface area contributed by atoms with Crippen molar-refractivity contribution >= 4 is 22.1 Å². The number of fused-ring (bicyclic) bond motifs is 2. The second-order valence-electron chi connectivity index (χ2n) is 6.08. The van der Waals surface area contributed by atoms with Crippen LogP contribution >= 0.6 is 0 Å². The number of hydrogen-bond acceptors (Lipinski definition) is 5. The number of nitrogens with zero attached hydrogens (tertiary/aromatic N) is 3. The van der Waals surface area contributed by atoms with E-state index in [0.717, 1.165) is 33.4 Å². The lowest BCUT2D eigenvalue weighted by atomic mass is 10.2. The molecule has 0 saturated carbocycles. The topological polar surface area (TPSA) is 112 Å². The monoisotopic (exact) mass is 358 g/mol. The predicted octanol–water partition coefficient (Wildman–Crippen LogP) is 2.87. The zero-order valence-electron chi connectivity index (χ0n) is 14.3. The summed E-state index contributed by atoms with van der Waals surface area (Å²) in [6, 6.07) is 11.3. The average Bonchev–Trinajstić information content (AvgIpc) is 3.27. The minimum atomic E-state index is -0.238. The van der Waals surface area contributed by atoms with Crippen LogP contribution in [0.1, 0.15) is 0 Å². The molecule has 8 heteroatoms. The van der Waals surface area contributed by atoms with E-state index in [1.165, 1.54) is 0 Å². The molecule has 5 aromatic rings. The third-order valence-electron chi connectivity index (χ3n) is 4.39. The van der Waals surface area contributed by atoms with Gasteiger partial charge in [0.05, 0.1) is 40.3 Å². The molecule has 0 bridgehead atoms. The Morgan fingerprint density at radius 2 is 1.67 bits per heavy atom. The minimum Gasteiger partial charge on any atom is -0.496 e. The third-order valence-corrected chi connectivity index (χ3v) is 4.39. The highest BCUT2D eigenvalue weighted by Crippen LogP contribution is 2.28. The second kappa shape index (κ2) is 5.80. The van der Waals surface area contributed by atoms with Crippen molar-refractivity contribution in [1.82, 2.24) is 29.9 Å². The zero-order valence-corrected chi connectivity index (χ0v) is 14.3. The molecule has 0 unspecified atom stereocenters. The van der Waals surface area contributed by atoms with Crippen LogP contribution in [0.3, 0.4) is 0 Å². The van der Waals surface area contributed by atoms with Crippen LogP contribution in [0, 0.1) is 0 Å². The van der Waals surface area contributed by atoms with Crippen LogP contribution < -0.4 is 10.4 Å². The van der Waals surface area contributed by atoms with Crippen molar-refractivity contribution < 1.29 is 4.74 Å². The molecule has 3 aromatic heterocycles. The fourth-order valence-corrected chi connectivity index (χ4v) is 3.10. The Morgan fingerprint density at radius 3 is 2.44 bits per heavy atom. The number of methoxy groups -OCH3 is 1. The molecule has 8 nitrogen and oxygen atoms in total. The van der Waals surface area contributed by atoms with E-state index in [2.05, 4.69) is 29.9 Å². The summed E-state index contributed by atoms with van der Waals surface area (Å²) in [5.74, 6) is 1.96. The lowest BCUT2D eigenvalue weighted by Crippen LogP contribution is -1.99. The molecule has 3 heterocycles. The third kappa shape index (κ3) is 2.54. The number of H-pyrrole nitrogens is 3. The van der Waals surface area contributed by atoms with E-state index in [0.29, 0.717) is 17.2 Å². The quantitative estimate of drug-likeness (QED) is 0.459. The molecule has 0 aliphatic rings. The zero-order chi connectivity index (χ0) is 18.4. The SMILES string of the molecule is COc1ccccc1-c1ncc(-c2nc3cc4[nH]c(=O)[nH]c4cc3[nH]2)cn1. The van der Waals surface area contributed by atoms with Crippen LogP contribution in [0.15, 0.2) is 53.6 Å². The largest absolute Gasteiger partial charge is 0.496 e. The standard InChI is InChI=1S/C19H14N6O2/c1-27-16-5-3-2-4-11(16)18-20-8-10(9-21-18)17-22-12-6-14-15(7-13(12)23-17)25-19(26)24-14/h2-9H,1H3,(H,22,23)(H2,24,25,26). The van der Waals surface area contributed by atoms with Crippen LogP contribution in [0.5, 0.6) is 5.75 Å². The van der Waals surface area contributed by atoms with Crippen LogP contribution in [0.2, 0.25) is 0 Å². The Balaban J connectivity index is 1.55. The molecule has 27 heavy (non-hydrogen) atoms. The predicted molar refractivity (Wildman–Crippen MR) is 102 cm³/mol. The van der Waals surface area contributed by atoms with E-state index < -0.39 is 0 Å². The van der Waals surface area contributed by atoms with E-state index in [9.17, 15) is 4.79 Å². The van der Waals surface area contributed by atoms with Gasteiger partial charge in [0.25, 0.3) is 0 Å². The smallest absolute Gasteiger partial charge is 0.323 e. The van der Waals surface area contributed by atoms with Gasteiger partial charge < -0.3 is 19.7 Å². The Bertz CT molecular complexity index is 1280. The Labute approximate surface area is 152 Å². The van der Waals surface area contributed by atoms with Crippen molar-refractivity contribution in [3.05, 3.63) is 59.3 Å². The number of nitrogens with one attached hydrogen (secondary N) is 3. The molecule has 0 radical (unpaired) electrons. The summed E-state index contributed by atoms with van der Waals surface area (Å²) in [6.45, 7) is 0. The van der Waals surface area contributed by atoms with Crippen molar-refractivity contribution in [2.24, 2.45) is 0 Å². The summed E-state index contributed by atoms with van der Waals surface area (Å²) in [6.07, 6.45) is 3.44. The molecule has 0 fully saturated rings. The van der Waals surface area contributed by atoms with Crippen LogP contribution in [0.25, 0.3) is 44.8 Å². The number of aromatic nitrogens is 6. The van der Waals surface area contributed by atoms with Gasteiger partial charge in [-0.05, 0) is 24.3 Å². The summed E-state index contributed by atoms with van der Waals surface area (Å²) in [5, 5.41) is 0. The summed E-state index contributed by atoms with van der Waals surface area (Å²) in [5.41, 5.74) is 4.37. The van der Waals surface area contributed by atoms with Gasteiger partial charge in [-0.3, -0.25) is 0 Å². The number of benzene rings is 2. The van der Waals surface area contributed by atoms with Gasteiger partial charge in [0.1, 0.15) is 11.6 Å². The maximum Gasteiger partial charge on any atom is 0.323 e. The highest BCUT2D eigenvalue weighted by Gasteiger charge is 2.11. The highest BCUT2D eigenvalue weighted by atomic mass is 16.5. The number of rotatable bonds is 3. The van der Waals surface area contributed by atoms with Crippen molar-refractivity contribution in [2.75, 3.05) is 7.11 Å². The molecule has 132 valence electrons. The molecule has 0 spiro atoms. The van der Waals surface area contributed by atoms with E-state index in [4.69, 9.17) is 4.74 Å². The van der Waals surface area contributed by atoms with Crippen molar-refractivity contribution in [2.45, 2.75) is 0 Å². The molecule has 2 aromatic carbocycles. The summed E-state index contributed by atoms with van der Waals surface area (Å²) in [7, 11) is 1.62. The first-order valence-corrected chi connectivity index (χ1v) is 8.29. The Kier molecular flexibility index (Phi) is 3.29. The first-order chi connectivity index (χ1) is 13.2. The summed E-state index contributed by atoms with van der Waals surface area (Å²) in [4.78, 5) is 33.6. The lowest BCUT2D eigenvalue weighted by molar-refractivity contribution is 0.416. The van der Waals surface area contributed by atoms with Crippen molar-refractivity contribution in [1.29, 1.82) is 0 Å². The van der Waals surface area contributed by atoms with Gasteiger partial charge in [0, 0.05) is 12.4 Å². The van der Waals surface area contributed by atoms with Crippen LogP contribution in [0.4, 0.5) is 0 Å². The number of aromatic amines is 3. The van der Waals surface area contributed by atoms with Crippen molar-refractivity contribution in [3.8, 4) is 28.5 Å². The Hall–Kier alpha value is -3.94. The number of imidazole rings is 2. The molecule has 0 amide bonds. The first-order valence-electron chi connectivity index (χ1n) is 8.29. The van der Waals surface area contributed by atoms with Crippen LogP contribution in [-0.4, -0.2) is 37.0 Å². The molecule has 0 aliphatic carbocycles. The maximum atomic E-state index is 11.4. The van der Waals surface area contributed by atoms with Gasteiger partial charge >= 0.3 is 5.69 Å². The normalized spacial score (nSPS) is 11.3. The Morgan fingerprint density at radius 1 is 0.926 bits per heavy atom. The second-order valence-corrected chi connectivity index (χ2v) is 6.08. The molecule has 0 aliphatic heterocycles. The summed E-state index contributed by atoms with van der Waals surface area (Å²) < 4.78 is 5.37. The molecule has 3 N–H and O–H groups in total. The highest BCUT2D eigenvalue weighted by molar-refractivity contribution is 5.92. The van der Waals surface area contributed by atoms with E-state index in [1.807, 2.05) is 36.4 Å². The molecule has 5 rings (SSSR count). The molecular formula is C19H14N6O2. The van der Waals surface area contributed by atoms with Crippen LogP contribution in [-0.2, 0) is 0 Å². The van der Waals surface area contributed by atoms with Gasteiger partial charge in [-0.2, -0.15) is 0 Å². The lowest BCUT2D eigenvalue weighted by Gasteiger charge is -2.06. The number of ether oxygens (including phenoxy) is 1. The fraction of sp³-hybridized carbons (Fsp3) is 0.0526. The minimum absolute atomic E-state index is 0.238. The molecular weight excluding hydrogens is 344 g/mol. The average molecular weight is 358 g/mol. The summed E-state index contributed by atoms with van der Waals surface area (Å²) >= 11 is 0. The number of hydrogen-bond donors (Lipinski definition) is 3. The first kappa shape index (κ1) is 15.3. The van der Waals surface area contributed by atoms with Crippen molar-refractivity contribution in [3.63, 3.8) is 0 Å². The van der Waals surface area contributed by atoms with Gasteiger partial charge in [-0.1, -0.05) is 12.1 Å². The molecule has 0 saturated heterocycles. The fourth-order valence-electron chi connectivity index (χ4n) is 3.10. The van der Waals surface area contributed by atoms with Gasteiger partial charge in [-0.15, -0.1) is 0 Å². The van der Waals surface area contributed by atoms with E-state index >= 15 is 0 Å². The van der Waals surface area contributed by atoms with Gasteiger partial charge in [-0.25, -0.2) is 19.7 Å². The maximum absolute atomic E-state index is 11.4. The molecule has 0 atom stereocenters. The number of para-hydroxylation sites is 1. The van der Waals surface area contributed by atoms with E-state index in [-0.39, 0.29) is 5.69 Å². The van der Waals surface area contributed by atoms with Gasteiger partial charge in [0.15, 0.2) is 5.82 Å².